The zero-order valence-corrected chi connectivity index (χ0v) is 9.61. The van der Waals surface area contributed by atoms with Crippen LogP contribution in [-0.2, 0) is 11.2 Å². The highest BCUT2D eigenvalue weighted by molar-refractivity contribution is 5.83. The topological polar surface area (TPSA) is 67.5 Å². The van der Waals surface area contributed by atoms with Crippen LogP contribution >= 0.6 is 0 Å². The molecule has 4 heteroatoms. The van der Waals surface area contributed by atoms with Crippen molar-refractivity contribution in [3.63, 3.8) is 0 Å². The van der Waals surface area contributed by atoms with E-state index in [0.717, 1.165) is 10.9 Å². The van der Waals surface area contributed by atoms with Crippen LogP contribution in [-0.4, -0.2) is 11.1 Å². The summed E-state index contributed by atoms with van der Waals surface area (Å²) in [5.74, 6) is -1.03. The first-order chi connectivity index (χ1) is 7.99. The van der Waals surface area contributed by atoms with Gasteiger partial charge in [-0.2, -0.15) is 0 Å². The number of benzene rings is 1. The molecular weight excluding hydrogens is 220 g/mol. The Hall–Kier alpha value is -2.10. The summed E-state index contributed by atoms with van der Waals surface area (Å²) < 4.78 is 5.11. The number of rotatable bonds is 2. The lowest BCUT2D eigenvalue weighted by Gasteiger charge is -2.06. The van der Waals surface area contributed by atoms with Crippen molar-refractivity contribution >= 4 is 16.9 Å². The molecule has 0 radical (unpaired) electrons. The molecule has 0 aliphatic heterocycles. The number of hydrogen-bond donors (Lipinski definition) is 1. The molecule has 1 N–H and O–H groups in total. The largest absolute Gasteiger partial charge is 0.481 e. The minimum absolute atomic E-state index is 0.218. The average Bonchev–Trinajstić information content (AvgIpc) is 2.25. The molecule has 0 aliphatic rings. The number of aliphatic carboxylic acids is 1. The van der Waals surface area contributed by atoms with Crippen molar-refractivity contribution in [2.75, 3.05) is 0 Å². The Kier molecular flexibility index (Phi) is 2.71. The Morgan fingerprint density at radius 1 is 1.35 bits per heavy atom. The first-order valence-electron chi connectivity index (χ1n) is 5.24. The Balaban J connectivity index is 2.77. The molecule has 0 saturated carbocycles. The Bertz CT molecular complexity index is 652. The van der Waals surface area contributed by atoms with Gasteiger partial charge >= 0.3 is 11.6 Å². The molecule has 1 heterocycles. The lowest BCUT2D eigenvalue weighted by atomic mass is 10.0. The predicted molar refractivity (Wildman–Crippen MR) is 63.3 cm³/mol. The van der Waals surface area contributed by atoms with Crippen molar-refractivity contribution in [3.05, 3.63) is 45.3 Å². The van der Waals surface area contributed by atoms with E-state index in [9.17, 15) is 9.59 Å². The Labute approximate surface area is 97.5 Å². The third kappa shape index (κ3) is 2.06. The van der Waals surface area contributed by atoms with Gasteiger partial charge in [-0.05, 0) is 31.5 Å². The Morgan fingerprint density at radius 3 is 2.71 bits per heavy atom. The second-order valence-electron chi connectivity index (χ2n) is 4.06. The fourth-order valence-corrected chi connectivity index (χ4v) is 1.86. The summed E-state index contributed by atoms with van der Waals surface area (Å²) in [7, 11) is 0. The summed E-state index contributed by atoms with van der Waals surface area (Å²) in [5.41, 5.74) is 1.86. The molecule has 0 aliphatic carbocycles. The predicted octanol–water partition coefficient (Wildman–Crippen LogP) is 2.04. The molecule has 1 aromatic carbocycles. The zero-order valence-electron chi connectivity index (χ0n) is 9.61. The smallest absolute Gasteiger partial charge is 0.340 e. The average molecular weight is 232 g/mol. The molecule has 0 spiro atoms. The maximum atomic E-state index is 11.6. The molecule has 2 aromatic rings. The maximum absolute atomic E-state index is 11.6. The summed E-state index contributed by atoms with van der Waals surface area (Å²) >= 11 is 0. The van der Waals surface area contributed by atoms with Gasteiger partial charge < -0.3 is 9.52 Å². The van der Waals surface area contributed by atoms with Gasteiger partial charge in [0.05, 0.1) is 12.0 Å². The molecule has 0 saturated heterocycles. The fourth-order valence-electron chi connectivity index (χ4n) is 1.86. The molecule has 0 atom stereocenters. The molecule has 17 heavy (non-hydrogen) atoms. The van der Waals surface area contributed by atoms with Gasteiger partial charge in [-0.15, -0.1) is 0 Å². The van der Waals surface area contributed by atoms with Gasteiger partial charge in [0.15, 0.2) is 0 Å². The lowest BCUT2D eigenvalue weighted by Crippen LogP contribution is -2.14. The number of aryl methyl sites for hydroxylation is 2. The zero-order chi connectivity index (χ0) is 12.6. The lowest BCUT2D eigenvalue weighted by molar-refractivity contribution is -0.136. The van der Waals surface area contributed by atoms with Crippen LogP contribution in [0.5, 0.6) is 0 Å². The number of carbonyl (C=O) groups is 1. The highest BCUT2D eigenvalue weighted by atomic mass is 16.4. The van der Waals surface area contributed by atoms with E-state index in [1.165, 1.54) is 0 Å². The van der Waals surface area contributed by atoms with Crippen LogP contribution in [0.1, 0.15) is 16.7 Å². The van der Waals surface area contributed by atoms with Crippen LogP contribution in [0, 0.1) is 13.8 Å². The first-order valence-corrected chi connectivity index (χ1v) is 5.24. The molecule has 0 amide bonds. The maximum Gasteiger partial charge on any atom is 0.340 e. The number of carboxylic acids is 1. The summed E-state index contributed by atoms with van der Waals surface area (Å²) in [6.45, 7) is 3.68. The molecule has 88 valence electrons. The van der Waals surface area contributed by atoms with Gasteiger partial charge in [0.25, 0.3) is 0 Å². The summed E-state index contributed by atoms with van der Waals surface area (Å²) in [6, 6.07) is 5.46. The Morgan fingerprint density at radius 2 is 2.06 bits per heavy atom. The van der Waals surface area contributed by atoms with E-state index in [4.69, 9.17) is 9.52 Å². The number of hydrogen-bond acceptors (Lipinski definition) is 3. The van der Waals surface area contributed by atoms with E-state index in [2.05, 4.69) is 0 Å². The van der Waals surface area contributed by atoms with Crippen molar-refractivity contribution in [1.29, 1.82) is 0 Å². The van der Waals surface area contributed by atoms with E-state index in [-0.39, 0.29) is 12.0 Å². The van der Waals surface area contributed by atoms with Crippen LogP contribution < -0.4 is 5.63 Å². The van der Waals surface area contributed by atoms with Crippen LogP contribution in [0.3, 0.4) is 0 Å². The van der Waals surface area contributed by atoms with Crippen molar-refractivity contribution < 1.29 is 14.3 Å². The van der Waals surface area contributed by atoms with E-state index < -0.39 is 11.6 Å². The fraction of sp³-hybridized carbons (Fsp3) is 0.231. The first kappa shape index (κ1) is 11.4. The molecule has 0 fully saturated rings. The third-order valence-corrected chi connectivity index (χ3v) is 2.77. The summed E-state index contributed by atoms with van der Waals surface area (Å²) in [5, 5.41) is 9.55. The second kappa shape index (κ2) is 4.05. The van der Waals surface area contributed by atoms with Gasteiger partial charge in [-0.3, -0.25) is 4.79 Å². The molecule has 1 aromatic heterocycles. The highest BCUT2D eigenvalue weighted by Crippen LogP contribution is 2.20. The van der Waals surface area contributed by atoms with Gasteiger partial charge in [0.1, 0.15) is 5.58 Å². The van der Waals surface area contributed by atoms with Gasteiger partial charge in [0.2, 0.25) is 0 Å². The van der Waals surface area contributed by atoms with Crippen molar-refractivity contribution in [2.45, 2.75) is 20.3 Å². The van der Waals surface area contributed by atoms with Crippen molar-refractivity contribution in [1.82, 2.24) is 0 Å². The second-order valence-corrected chi connectivity index (χ2v) is 4.06. The summed E-state index contributed by atoms with van der Waals surface area (Å²) in [6.07, 6.45) is -0.307. The number of fused-ring (bicyclic) bond motifs is 1. The number of carboxylic acid groups (broad SMARTS) is 1. The summed E-state index contributed by atoms with van der Waals surface area (Å²) in [4.78, 5) is 22.3. The van der Waals surface area contributed by atoms with E-state index >= 15 is 0 Å². The minimum atomic E-state index is -1.03. The third-order valence-electron chi connectivity index (χ3n) is 2.77. The van der Waals surface area contributed by atoms with Crippen LogP contribution in [0.2, 0.25) is 0 Å². The highest BCUT2D eigenvalue weighted by Gasteiger charge is 2.13. The quantitative estimate of drug-likeness (QED) is 0.804. The molecule has 0 unspecified atom stereocenters. The van der Waals surface area contributed by atoms with Gasteiger partial charge in [-0.1, -0.05) is 11.6 Å². The standard InChI is InChI=1S/C13H12O4/c1-7-3-4-11-9(5-7)8(2)10(6-12(14)15)13(16)17-11/h3-5H,6H2,1-2H3,(H,14,15). The van der Waals surface area contributed by atoms with E-state index in [1.54, 1.807) is 13.0 Å². The molecular formula is C13H12O4. The minimum Gasteiger partial charge on any atom is -0.481 e. The van der Waals surface area contributed by atoms with Gasteiger partial charge in [-0.25, -0.2) is 4.79 Å². The van der Waals surface area contributed by atoms with Crippen molar-refractivity contribution in [2.24, 2.45) is 0 Å². The molecule has 4 nitrogen and oxygen atoms in total. The van der Waals surface area contributed by atoms with E-state index in [1.807, 2.05) is 19.1 Å². The van der Waals surface area contributed by atoms with Crippen molar-refractivity contribution in [3.8, 4) is 0 Å². The van der Waals surface area contributed by atoms with E-state index in [0.29, 0.717) is 11.1 Å². The normalized spacial score (nSPS) is 10.7. The van der Waals surface area contributed by atoms with Crippen LogP contribution in [0.25, 0.3) is 11.0 Å². The van der Waals surface area contributed by atoms with Gasteiger partial charge in [0, 0.05) is 5.39 Å². The SMILES string of the molecule is Cc1ccc2oc(=O)c(CC(=O)O)c(C)c2c1. The molecule has 2 rings (SSSR count). The molecule has 0 bridgehead atoms. The monoisotopic (exact) mass is 232 g/mol. The van der Waals surface area contributed by atoms with Crippen LogP contribution in [0.4, 0.5) is 0 Å². The van der Waals surface area contributed by atoms with Crippen LogP contribution in [0.15, 0.2) is 27.4 Å².